The standard InChI is InChI=1S/C8H5BBrClO2S/c10-5-3-6-4(1-2-14-6)7(8(5)11)9(12)13/h1-3,12-13H. The predicted octanol–water partition coefficient (Wildman–Crippen LogP) is 2.00. The molecule has 0 bridgehead atoms. The monoisotopic (exact) mass is 290 g/mol. The van der Waals surface area contributed by atoms with Gasteiger partial charge in [-0.15, -0.1) is 11.3 Å². The molecule has 0 spiro atoms. The molecule has 1 aromatic heterocycles. The Bertz CT molecular complexity index is 485. The second kappa shape index (κ2) is 3.83. The van der Waals surface area contributed by atoms with Gasteiger partial charge in [0, 0.05) is 14.6 Å². The van der Waals surface area contributed by atoms with Gasteiger partial charge in [0.1, 0.15) is 0 Å². The first-order valence-electron chi connectivity index (χ1n) is 3.82. The van der Waals surface area contributed by atoms with Crippen molar-refractivity contribution in [3.63, 3.8) is 0 Å². The fourth-order valence-electron chi connectivity index (χ4n) is 1.33. The van der Waals surface area contributed by atoms with Gasteiger partial charge in [-0.2, -0.15) is 0 Å². The number of hydrogen-bond donors (Lipinski definition) is 2. The van der Waals surface area contributed by atoms with E-state index in [1.165, 1.54) is 11.3 Å². The van der Waals surface area contributed by atoms with Crippen LogP contribution in [-0.2, 0) is 0 Å². The topological polar surface area (TPSA) is 40.5 Å². The minimum absolute atomic E-state index is 0.353. The van der Waals surface area contributed by atoms with Crippen LogP contribution in [0.3, 0.4) is 0 Å². The van der Waals surface area contributed by atoms with Gasteiger partial charge < -0.3 is 10.0 Å². The zero-order valence-electron chi connectivity index (χ0n) is 6.87. The van der Waals surface area contributed by atoms with E-state index in [0.717, 1.165) is 10.1 Å². The molecule has 14 heavy (non-hydrogen) atoms. The largest absolute Gasteiger partial charge is 0.490 e. The van der Waals surface area contributed by atoms with E-state index in [2.05, 4.69) is 15.9 Å². The summed E-state index contributed by atoms with van der Waals surface area (Å²) in [5.41, 5.74) is 0.359. The lowest BCUT2D eigenvalue weighted by molar-refractivity contribution is 0.426. The Labute approximate surface area is 98.4 Å². The van der Waals surface area contributed by atoms with Gasteiger partial charge in [0.2, 0.25) is 0 Å². The molecule has 6 heteroatoms. The van der Waals surface area contributed by atoms with Gasteiger partial charge in [0.05, 0.1) is 5.02 Å². The molecule has 0 unspecified atom stereocenters. The predicted molar refractivity (Wildman–Crippen MR) is 64.4 cm³/mol. The molecule has 1 heterocycles. The molecule has 1 aromatic carbocycles. The van der Waals surface area contributed by atoms with Crippen LogP contribution in [0, 0.1) is 0 Å². The highest BCUT2D eigenvalue weighted by Crippen LogP contribution is 2.29. The molecule has 2 nitrogen and oxygen atoms in total. The quantitative estimate of drug-likeness (QED) is 0.789. The van der Waals surface area contributed by atoms with Crippen molar-refractivity contribution >= 4 is 61.5 Å². The van der Waals surface area contributed by atoms with E-state index >= 15 is 0 Å². The number of benzene rings is 1. The Hall–Kier alpha value is -0.0651. The number of fused-ring (bicyclic) bond motifs is 1. The Morgan fingerprint density at radius 1 is 1.43 bits per heavy atom. The van der Waals surface area contributed by atoms with Crippen LogP contribution in [-0.4, -0.2) is 17.2 Å². The SMILES string of the molecule is OB(O)c1c(Cl)c(Br)cc2sccc12. The van der Waals surface area contributed by atoms with Crippen molar-refractivity contribution in [1.29, 1.82) is 0 Å². The summed E-state index contributed by atoms with van der Waals surface area (Å²) in [6, 6.07) is 3.70. The third-order valence-corrected chi connectivity index (χ3v) is 4.07. The molecule has 0 saturated carbocycles. The molecule has 0 fully saturated rings. The second-order valence-electron chi connectivity index (χ2n) is 2.79. The first-order valence-corrected chi connectivity index (χ1v) is 5.87. The van der Waals surface area contributed by atoms with Crippen molar-refractivity contribution in [3.05, 3.63) is 27.0 Å². The average Bonchev–Trinajstić information content (AvgIpc) is 2.52. The van der Waals surface area contributed by atoms with Gasteiger partial charge in [-0.05, 0) is 38.8 Å². The lowest BCUT2D eigenvalue weighted by atomic mass is 9.78. The molecule has 72 valence electrons. The molecule has 0 saturated heterocycles. The maximum Gasteiger partial charge on any atom is 0.490 e. The van der Waals surface area contributed by atoms with Gasteiger partial charge in [-0.3, -0.25) is 0 Å². The van der Waals surface area contributed by atoms with E-state index in [9.17, 15) is 10.0 Å². The summed E-state index contributed by atoms with van der Waals surface area (Å²) >= 11 is 10.8. The maximum absolute atomic E-state index is 9.20. The molecule has 0 aliphatic heterocycles. The Kier molecular flexibility index (Phi) is 2.86. The fraction of sp³-hybridized carbons (Fsp3) is 0. The normalized spacial score (nSPS) is 10.9. The first-order chi connectivity index (χ1) is 6.61. The number of halogens is 2. The summed E-state index contributed by atoms with van der Waals surface area (Å²) < 4.78 is 1.65. The van der Waals surface area contributed by atoms with Crippen molar-refractivity contribution in [2.45, 2.75) is 0 Å². The number of rotatable bonds is 1. The van der Waals surface area contributed by atoms with Gasteiger partial charge in [-0.1, -0.05) is 11.6 Å². The number of hydrogen-bond acceptors (Lipinski definition) is 3. The van der Waals surface area contributed by atoms with Crippen LogP contribution in [0.2, 0.25) is 5.02 Å². The van der Waals surface area contributed by atoms with Crippen LogP contribution in [0.25, 0.3) is 10.1 Å². The van der Waals surface area contributed by atoms with E-state index in [4.69, 9.17) is 11.6 Å². The molecule has 2 N–H and O–H groups in total. The van der Waals surface area contributed by atoms with E-state index in [0.29, 0.717) is 15.0 Å². The van der Waals surface area contributed by atoms with Crippen molar-refractivity contribution < 1.29 is 10.0 Å². The molecular weight excluding hydrogens is 286 g/mol. The molecule has 0 aliphatic rings. The van der Waals surface area contributed by atoms with Crippen molar-refractivity contribution in [3.8, 4) is 0 Å². The Morgan fingerprint density at radius 3 is 2.79 bits per heavy atom. The van der Waals surface area contributed by atoms with E-state index in [-0.39, 0.29) is 0 Å². The lowest BCUT2D eigenvalue weighted by Crippen LogP contribution is -2.31. The lowest BCUT2D eigenvalue weighted by Gasteiger charge is -2.06. The van der Waals surface area contributed by atoms with E-state index in [1.807, 2.05) is 17.5 Å². The summed E-state index contributed by atoms with van der Waals surface area (Å²) in [6.45, 7) is 0. The molecule has 2 rings (SSSR count). The molecule has 0 atom stereocenters. The number of thiophene rings is 1. The van der Waals surface area contributed by atoms with E-state index in [1.54, 1.807) is 0 Å². The molecule has 0 aliphatic carbocycles. The van der Waals surface area contributed by atoms with E-state index < -0.39 is 7.12 Å². The van der Waals surface area contributed by atoms with Crippen molar-refractivity contribution in [2.24, 2.45) is 0 Å². The van der Waals surface area contributed by atoms with Crippen LogP contribution < -0.4 is 5.46 Å². The summed E-state index contributed by atoms with van der Waals surface area (Å²) in [4.78, 5) is 0. The smallest absolute Gasteiger partial charge is 0.423 e. The zero-order chi connectivity index (χ0) is 10.3. The highest BCUT2D eigenvalue weighted by Gasteiger charge is 2.21. The Morgan fingerprint density at radius 2 is 2.14 bits per heavy atom. The highest BCUT2D eigenvalue weighted by atomic mass is 79.9. The summed E-state index contributed by atoms with van der Waals surface area (Å²) in [5, 5.41) is 21.4. The van der Waals surface area contributed by atoms with Crippen LogP contribution in [0.5, 0.6) is 0 Å². The molecule has 2 aromatic rings. The van der Waals surface area contributed by atoms with Crippen LogP contribution in [0.15, 0.2) is 22.0 Å². The summed E-state index contributed by atoms with van der Waals surface area (Å²) in [5.74, 6) is 0. The molecular formula is C8H5BBrClO2S. The molecule has 0 radical (unpaired) electrons. The minimum atomic E-state index is -1.54. The van der Waals surface area contributed by atoms with Crippen LogP contribution in [0.4, 0.5) is 0 Å². The first kappa shape index (κ1) is 10.5. The van der Waals surface area contributed by atoms with Crippen LogP contribution >= 0.6 is 38.9 Å². The Balaban J connectivity index is 2.86. The third-order valence-electron chi connectivity index (χ3n) is 1.95. The third kappa shape index (κ3) is 1.59. The van der Waals surface area contributed by atoms with Gasteiger partial charge in [0.25, 0.3) is 0 Å². The minimum Gasteiger partial charge on any atom is -0.423 e. The summed E-state index contributed by atoms with van der Waals surface area (Å²) in [6.07, 6.45) is 0. The van der Waals surface area contributed by atoms with Crippen molar-refractivity contribution in [2.75, 3.05) is 0 Å². The highest BCUT2D eigenvalue weighted by molar-refractivity contribution is 9.10. The second-order valence-corrected chi connectivity index (χ2v) is 4.97. The van der Waals surface area contributed by atoms with Gasteiger partial charge >= 0.3 is 7.12 Å². The van der Waals surface area contributed by atoms with Gasteiger partial charge in [0.15, 0.2) is 0 Å². The molecule has 0 amide bonds. The fourth-order valence-corrected chi connectivity index (χ4v) is 3.02. The van der Waals surface area contributed by atoms with Crippen molar-refractivity contribution in [1.82, 2.24) is 0 Å². The van der Waals surface area contributed by atoms with Gasteiger partial charge in [-0.25, -0.2) is 0 Å². The van der Waals surface area contributed by atoms with Crippen LogP contribution in [0.1, 0.15) is 0 Å². The summed E-state index contributed by atoms with van der Waals surface area (Å²) in [7, 11) is -1.54. The maximum atomic E-state index is 9.20. The average molecular weight is 291 g/mol. The zero-order valence-corrected chi connectivity index (χ0v) is 10.0.